The van der Waals surface area contributed by atoms with Gasteiger partial charge in [0.15, 0.2) is 0 Å². The monoisotopic (exact) mass is 215 g/mol. The van der Waals surface area contributed by atoms with Gasteiger partial charge in [-0.3, -0.25) is 9.54 Å². The number of nitrogens with zero attached hydrogens (tertiary/aromatic N) is 1. The van der Waals surface area contributed by atoms with Crippen molar-refractivity contribution in [3.05, 3.63) is 29.6 Å². The first-order valence-electron chi connectivity index (χ1n) is 4.34. The van der Waals surface area contributed by atoms with Crippen molar-refractivity contribution in [2.45, 2.75) is 19.8 Å². The Labute approximate surface area is 83.7 Å². The van der Waals surface area contributed by atoms with Crippen molar-refractivity contribution >= 4 is 10.1 Å². The zero-order valence-electron chi connectivity index (χ0n) is 7.97. The molecule has 0 fully saturated rings. The first kappa shape index (κ1) is 11.1. The molecule has 1 aromatic heterocycles. The number of aryl methyl sites for hydroxylation is 2. The lowest BCUT2D eigenvalue weighted by Crippen LogP contribution is -2.04. The van der Waals surface area contributed by atoms with Gasteiger partial charge in [0.05, 0.1) is 5.75 Å². The molecule has 4 nitrogen and oxygen atoms in total. The van der Waals surface area contributed by atoms with E-state index in [9.17, 15) is 8.42 Å². The lowest BCUT2D eigenvalue weighted by atomic mass is 10.2. The van der Waals surface area contributed by atoms with Crippen LogP contribution in [0.4, 0.5) is 0 Å². The fourth-order valence-corrected chi connectivity index (χ4v) is 1.61. The van der Waals surface area contributed by atoms with E-state index in [4.69, 9.17) is 4.55 Å². The highest BCUT2D eigenvalue weighted by Gasteiger charge is 2.03. The zero-order chi connectivity index (χ0) is 10.6. The standard InChI is InChI=1S/C9H13NO3S/c1-8-4-5-9(7-10-8)3-2-6-14(11,12)13/h4-5,7H,2-3,6H2,1H3,(H,11,12,13). The van der Waals surface area contributed by atoms with Crippen LogP contribution < -0.4 is 0 Å². The maximum absolute atomic E-state index is 10.4. The molecule has 1 heterocycles. The summed E-state index contributed by atoms with van der Waals surface area (Å²) in [6.07, 6.45) is 2.76. The van der Waals surface area contributed by atoms with Gasteiger partial charge in [0.2, 0.25) is 0 Å². The molecule has 0 spiro atoms. The Hall–Kier alpha value is -0.940. The number of hydrogen-bond acceptors (Lipinski definition) is 3. The summed E-state index contributed by atoms with van der Waals surface area (Å²) in [4.78, 5) is 4.08. The third kappa shape index (κ3) is 4.34. The number of rotatable bonds is 4. The van der Waals surface area contributed by atoms with Gasteiger partial charge in [-0.1, -0.05) is 6.07 Å². The highest BCUT2D eigenvalue weighted by atomic mass is 32.2. The average Bonchev–Trinajstić information content (AvgIpc) is 2.06. The Morgan fingerprint density at radius 3 is 2.64 bits per heavy atom. The van der Waals surface area contributed by atoms with Gasteiger partial charge in [-0.05, 0) is 31.4 Å². The molecule has 1 aromatic rings. The quantitative estimate of drug-likeness (QED) is 0.766. The minimum Gasteiger partial charge on any atom is -0.286 e. The van der Waals surface area contributed by atoms with Crippen LogP contribution in [0.15, 0.2) is 18.3 Å². The third-order valence-corrected chi connectivity index (χ3v) is 2.64. The third-order valence-electron chi connectivity index (χ3n) is 1.84. The molecule has 0 amide bonds. The number of pyridine rings is 1. The normalized spacial score (nSPS) is 11.6. The van der Waals surface area contributed by atoms with Crippen LogP contribution in [0.1, 0.15) is 17.7 Å². The molecule has 0 atom stereocenters. The molecule has 78 valence electrons. The topological polar surface area (TPSA) is 67.3 Å². The predicted molar refractivity (Wildman–Crippen MR) is 53.7 cm³/mol. The van der Waals surface area contributed by atoms with Crippen LogP contribution in [0, 0.1) is 6.92 Å². The van der Waals surface area contributed by atoms with E-state index in [1.807, 2.05) is 19.1 Å². The molecule has 5 heteroatoms. The van der Waals surface area contributed by atoms with Gasteiger partial charge in [-0.2, -0.15) is 8.42 Å². The molecule has 0 bridgehead atoms. The van der Waals surface area contributed by atoms with Crippen molar-refractivity contribution < 1.29 is 13.0 Å². The lowest BCUT2D eigenvalue weighted by Gasteiger charge is -1.99. The molecule has 0 saturated carbocycles. The van der Waals surface area contributed by atoms with Crippen LogP contribution in [0.5, 0.6) is 0 Å². The summed E-state index contributed by atoms with van der Waals surface area (Å²) in [6, 6.07) is 3.79. The van der Waals surface area contributed by atoms with Crippen LogP contribution in [-0.2, 0) is 16.5 Å². The van der Waals surface area contributed by atoms with Gasteiger partial charge in [-0.15, -0.1) is 0 Å². The molecule has 0 aliphatic carbocycles. The van der Waals surface area contributed by atoms with E-state index in [-0.39, 0.29) is 5.75 Å². The Kier molecular flexibility index (Phi) is 3.60. The highest BCUT2D eigenvalue weighted by Crippen LogP contribution is 2.03. The van der Waals surface area contributed by atoms with Crippen LogP contribution in [0.3, 0.4) is 0 Å². The second kappa shape index (κ2) is 4.52. The van der Waals surface area contributed by atoms with E-state index in [1.165, 1.54) is 0 Å². The summed E-state index contributed by atoms with van der Waals surface area (Å²) in [7, 11) is -3.82. The van der Waals surface area contributed by atoms with E-state index in [1.54, 1.807) is 6.20 Å². The number of hydrogen-bond donors (Lipinski definition) is 1. The molecule has 0 aliphatic rings. The van der Waals surface area contributed by atoms with E-state index < -0.39 is 10.1 Å². The van der Waals surface area contributed by atoms with E-state index in [0.717, 1.165) is 11.3 Å². The fourth-order valence-electron chi connectivity index (χ4n) is 1.11. The Morgan fingerprint density at radius 1 is 1.43 bits per heavy atom. The minimum absolute atomic E-state index is 0.194. The number of aromatic nitrogens is 1. The van der Waals surface area contributed by atoms with Gasteiger partial charge in [-0.25, -0.2) is 0 Å². The van der Waals surface area contributed by atoms with Crippen molar-refractivity contribution in [3.63, 3.8) is 0 Å². The van der Waals surface area contributed by atoms with Crippen LogP contribution in [-0.4, -0.2) is 23.7 Å². The van der Waals surface area contributed by atoms with Crippen molar-refractivity contribution in [2.75, 3.05) is 5.75 Å². The summed E-state index contributed by atoms with van der Waals surface area (Å²) >= 11 is 0. The molecule has 0 saturated heterocycles. The van der Waals surface area contributed by atoms with Gasteiger partial charge in [0, 0.05) is 11.9 Å². The predicted octanol–water partition coefficient (Wildman–Crippen LogP) is 1.21. The summed E-state index contributed by atoms with van der Waals surface area (Å²) in [5, 5.41) is 0. The van der Waals surface area contributed by atoms with E-state index in [2.05, 4.69) is 4.98 Å². The van der Waals surface area contributed by atoms with Crippen LogP contribution in [0.2, 0.25) is 0 Å². The van der Waals surface area contributed by atoms with Crippen LogP contribution >= 0.6 is 0 Å². The first-order valence-corrected chi connectivity index (χ1v) is 5.95. The summed E-state index contributed by atoms with van der Waals surface area (Å²) in [6.45, 7) is 1.89. The largest absolute Gasteiger partial charge is 0.286 e. The zero-order valence-corrected chi connectivity index (χ0v) is 8.79. The maximum atomic E-state index is 10.4. The van der Waals surface area contributed by atoms with Crippen molar-refractivity contribution in [1.82, 2.24) is 4.98 Å². The van der Waals surface area contributed by atoms with Gasteiger partial charge >= 0.3 is 0 Å². The molecular weight excluding hydrogens is 202 g/mol. The molecule has 0 aliphatic heterocycles. The van der Waals surface area contributed by atoms with Crippen molar-refractivity contribution in [1.29, 1.82) is 0 Å². The van der Waals surface area contributed by atoms with Crippen molar-refractivity contribution in [3.8, 4) is 0 Å². The summed E-state index contributed by atoms with van der Waals surface area (Å²) in [5.41, 5.74) is 1.92. The Morgan fingerprint density at radius 2 is 2.14 bits per heavy atom. The molecule has 1 N–H and O–H groups in total. The van der Waals surface area contributed by atoms with Gasteiger partial charge in [0.1, 0.15) is 0 Å². The average molecular weight is 215 g/mol. The molecule has 0 radical (unpaired) electrons. The summed E-state index contributed by atoms with van der Waals surface area (Å²) < 4.78 is 29.3. The van der Waals surface area contributed by atoms with Gasteiger partial charge in [0.25, 0.3) is 10.1 Å². The SMILES string of the molecule is Cc1ccc(CCCS(=O)(=O)O)cn1. The highest BCUT2D eigenvalue weighted by molar-refractivity contribution is 7.85. The smallest absolute Gasteiger partial charge is 0.264 e. The molecule has 14 heavy (non-hydrogen) atoms. The minimum atomic E-state index is -3.82. The van der Waals surface area contributed by atoms with E-state index >= 15 is 0 Å². The maximum Gasteiger partial charge on any atom is 0.264 e. The molecule has 0 unspecified atom stereocenters. The van der Waals surface area contributed by atoms with Gasteiger partial charge < -0.3 is 0 Å². The van der Waals surface area contributed by atoms with Crippen molar-refractivity contribution in [2.24, 2.45) is 0 Å². The second-order valence-corrected chi connectivity index (χ2v) is 4.77. The fraction of sp³-hybridized carbons (Fsp3) is 0.444. The lowest BCUT2D eigenvalue weighted by molar-refractivity contribution is 0.481. The summed E-state index contributed by atoms with van der Waals surface area (Å²) in [5.74, 6) is -0.194. The van der Waals surface area contributed by atoms with Crippen LogP contribution in [0.25, 0.3) is 0 Å². The molecule has 0 aromatic carbocycles. The molecule has 1 rings (SSSR count). The Balaban J connectivity index is 2.43. The first-order chi connectivity index (χ1) is 6.47. The van der Waals surface area contributed by atoms with E-state index in [0.29, 0.717) is 12.8 Å². The second-order valence-electron chi connectivity index (χ2n) is 3.20. The Bertz CT molecular complexity index is 383. The molecular formula is C9H13NO3S.